The molecule has 1 aliphatic heterocycles. The summed E-state index contributed by atoms with van der Waals surface area (Å²) >= 11 is 0. The first-order chi connectivity index (χ1) is 13.6. The number of aryl methyl sites for hydroxylation is 1. The van der Waals surface area contributed by atoms with Crippen LogP contribution in [-0.4, -0.2) is 36.5 Å². The molecule has 1 heterocycles. The second-order valence-electron chi connectivity index (χ2n) is 7.29. The molecule has 3 rings (SSSR count). The van der Waals surface area contributed by atoms with Gasteiger partial charge in [-0.25, -0.2) is 4.79 Å². The number of anilines is 1. The smallest absolute Gasteiger partial charge is 0.340 e. The molecule has 1 N–H and O–H groups in total. The van der Waals surface area contributed by atoms with Gasteiger partial charge in [-0.05, 0) is 57.5 Å². The van der Waals surface area contributed by atoms with Crippen LogP contribution in [0.5, 0.6) is 0 Å². The van der Waals surface area contributed by atoms with Crippen LogP contribution in [0.3, 0.4) is 0 Å². The monoisotopic (exact) mass is 380 g/mol. The van der Waals surface area contributed by atoms with Crippen LogP contribution in [0.15, 0.2) is 48.5 Å². The number of ether oxygens (including phenoxy) is 1. The van der Waals surface area contributed by atoms with Gasteiger partial charge in [0.2, 0.25) is 5.91 Å². The van der Waals surface area contributed by atoms with E-state index in [-0.39, 0.29) is 11.8 Å². The van der Waals surface area contributed by atoms with E-state index in [1.807, 2.05) is 6.07 Å². The van der Waals surface area contributed by atoms with Crippen LogP contribution in [0, 0.1) is 12.8 Å². The Labute approximate surface area is 166 Å². The van der Waals surface area contributed by atoms with Gasteiger partial charge in [0.1, 0.15) is 0 Å². The number of hydrogen-bond donors (Lipinski definition) is 1. The molecule has 1 amide bonds. The first-order valence-corrected chi connectivity index (χ1v) is 9.91. The number of benzene rings is 2. The highest BCUT2D eigenvalue weighted by Crippen LogP contribution is 2.23. The molecule has 0 aromatic heterocycles. The van der Waals surface area contributed by atoms with E-state index in [9.17, 15) is 9.59 Å². The number of nitrogens with zero attached hydrogens (tertiary/aromatic N) is 1. The van der Waals surface area contributed by atoms with Crippen LogP contribution in [0.2, 0.25) is 0 Å². The van der Waals surface area contributed by atoms with Gasteiger partial charge in [-0.2, -0.15) is 0 Å². The van der Waals surface area contributed by atoms with Crippen molar-refractivity contribution in [2.75, 3.05) is 25.0 Å². The van der Waals surface area contributed by atoms with Crippen molar-refractivity contribution in [3.8, 4) is 0 Å². The van der Waals surface area contributed by atoms with E-state index in [1.165, 1.54) is 11.1 Å². The third-order valence-corrected chi connectivity index (χ3v) is 5.17. The zero-order chi connectivity index (χ0) is 19.9. The van der Waals surface area contributed by atoms with Crippen molar-refractivity contribution in [3.05, 3.63) is 65.2 Å². The SMILES string of the molecule is CCOC(=O)c1ccccc1NC(=O)C1CCN(Cc2ccc(C)cc2)CC1. The average Bonchev–Trinajstić information content (AvgIpc) is 2.71. The molecule has 0 spiro atoms. The van der Waals surface area contributed by atoms with E-state index >= 15 is 0 Å². The number of amides is 1. The number of nitrogens with one attached hydrogen (secondary N) is 1. The van der Waals surface area contributed by atoms with Gasteiger partial charge in [0.15, 0.2) is 0 Å². The number of hydrogen-bond acceptors (Lipinski definition) is 4. The first-order valence-electron chi connectivity index (χ1n) is 9.91. The lowest BCUT2D eigenvalue weighted by Crippen LogP contribution is -2.37. The van der Waals surface area contributed by atoms with E-state index in [4.69, 9.17) is 4.74 Å². The molecule has 0 aliphatic carbocycles. The number of carbonyl (C=O) groups excluding carboxylic acids is 2. The van der Waals surface area contributed by atoms with E-state index in [1.54, 1.807) is 25.1 Å². The van der Waals surface area contributed by atoms with Gasteiger partial charge in [0, 0.05) is 12.5 Å². The highest BCUT2D eigenvalue weighted by atomic mass is 16.5. The summed E-state index contributed by atoms with van der Waals surface area (Å²) in [6.45, 7) is 6.87. The van der Waals surface area contributed by atoms with Crippen LogP contribution < -0.4 is 5.32 Å². The molecule has 0 bridgehead atoms. The van der Waals surface area contributed by atoms with Gasteiger partial charge in [0.25, 0.3) is 0 Å². The normalized spacial score (nSPS) is 15.2. The van der Waals surface area contributed by atoms with Crippen LogP contribution in [0.25, 0.3) is 0 Å². The largest absolute Gasteiger partial charge is 0.462 e. The number of likely N-dealkylation sites (tertiary alicyclic amines) is 1. The lowest BCUT2D eigenvalue weighted by Gasteiger charge is -2.31. The molecule has 0 atom stereocenters. The zero-order valence-corrected chi connectivity index (χ0v) is 16.6. The van der Waals surface area contributed by atoms with E-state index in [2.05, 4.69) is 41.4 Å². The van der Waals surface area contributed by atoms with Crippen molar-refractivity contribution in [2.24, 2.45) is 5.92 Å². The van der Waals surface area contributed by atoms with Gasteiger partial charge >= 0.3 is 5.97 Å². The zero-order valence-electron chi connectivity index (χ0n) is 16.6. The molecule has 0 unspecified atom stereocenters. The Kier molecular flexibility index (Phi) is 6.82. The summed E-state index contributed by atoms with van der Waals surface area (Å²) in [5.41, 5.74) is 3.49. The Morgan fingerprint density at radius 1 is 1.07 bits per heavy atom. The Bertz CT molecular complexity index is 809. The molecule has 0 radical (unpaired) electrons. The fraction of sp³-hybridized carbons (Fsp3) is 0.391. The van der Waals surface area contributed by atoms with Gasteiger partial charge in [-0.15, -0.1) is 0 Å². The van der Waals surface area contributed by atoms with Crippen molar-refractivity contribution >= 4 is 17.6 Å². The van der Waals surface area contributed by atoms with E-state index in [0.29, 0.717) is 17.9 Å². The molecule has 0 saturated carbocycles. The maximum Gasteiger partial charge on any atom is 0.340 e. The average molecular weight is 380 g/mol. The van der Waals surface area contributed by atoms with Crippen LogP contribution >= 0.6 is 0 Å². The number of carbonyl (C=O) groups is 2. The minimum Gasteiger partial charge on any atom is -0.462 e. The minimum absolute atomic E-state index is 0.0215. The van der Waals surface area contributed by atoms with E-state index in [0.717, 1.165) is 32.5 Å². The standard InChI is InChI=1S/C23H28N2O3/c1-3-28-23(27)20-6-4-5-7-21(20)24-22(26)19-12-14-25(15-13-19)16-18-10-8-17(2)9-11-18/h4-11,19H,3,12-16H2,1-2H3,(H,24,26). The lowest BCUT2D eigenvalue weighted by molar-refractivity contribution is -0.121. The first kappa shape index (κ1) is 20.1. The molecule has 1 saturated heterocycles. The molecule has 2 aromatic rings. The molecule has 2 aromatic carbocycles. The Morgan fingerprint density at radius 3 is 2.43 bits per heavy atom. The molecule has 148 valence electrons. The summed E-state index contributed by atoms with van der Waals surface area (Å²) in [5.74, 6) is -0.470. The second kappa shape index (κ2) is 9.51. The maximum absolute atomic E-state index is 12.7. The Morgan fingerprint density at radius 2 is 1.75 bits per heavy atom. The summed E-state index contributed by atoms with van der Waals surface area (Å²) in [4.78, 5) is 27.2. The topological polar surface area (TPSA) is 58.6 Å². The molecule has 5 nitrogen and oxygen atoms in total. The van der Waals surface area contributed by atoms with Crippen molar-refractivity contribution in [1.82, 2.24) is 4.90 Å². The fourth-order valence-corrected chi connectivity index (χ4v) is 3.52. The molecule has 5 heteroatoms. The fourth-order valence-electron chi connectivity index (χ4n) is 3.52. The number of rotatable bonds is 6. The molecule has 1 aliphatic rings. The van der Waals surface area contributed by atoms with Crippen LogP contribution in [0.1, 0.15) is 41.3 Å². The van der Waals surface area contributed by atoms with E-state index < -0.39 is 5.97 Å². The van der Waals surface area contributed by atoms with Gasteiger partial charge in [0.05, 0.1) is 17.9 Å². The quantitative estimate of drug-likeness (QED) is 0.769. The van der Waals surface area contributed by atoms with Crippen molar-refractivity contribution in [3.63, 3.8) is 0 Å². The molecule has 28 heavy (non-hydrogen) atoms. The minimum atomic E-state index is -0.411. The third kappa shape index (κ3) is 5.20. The van der Waals surface area contributed by atoms with Crippen LogP contribution in [0.4, 0.5) is 5.69 Å². The second-order valence-corrected chi connectivity index (χ2v) is 7.29. The third-order valence-electron chi connectivity index (χ3n) is 5.17. The molecular weight excluding hydrogens is 352 g/mol. The predicted molar refractivity (Wildman–Crippen MR) is 110 cm³/mol. The summed E-state index contributed by atoms with van der Waals surface area (Å²) in [6.07, 6.45) is 1.64. The summed E-state index contributed by atoms with van der Waals surface area (Å²) in [6, 6.07) is 15.6. The van der Waals surface area contributed by atoms with Gasteiger partial charge in [-0.3, -0.25) is 9.69 Å². The highest BCUT2D eigenvalue weighted by Gasteiger charge is 2.26. The lowest BCUT2D eigenvalue weighted by atomic mass is 9.95. The summed E-state index contributed by atoms with van der Waals surface area (Å²) < 4.78 is 5.08. The Balaban J connectivity index is 1.54. The predicted octanol–water partition coefficient (Wildman–Crippen LogP) is 4.02. The number of esters is 1. The molecular formula is C23H28N2O3. The van der Waals surface area contributed by atoms with Crippen molar-refractivity contribution in [1.29, 1.82) is 0 Å². The number of piperidine rings is 1. The molecule has 1 fully saturated rings. The Hall–Kier alpha value is -2.66. The van der Waals surface area contributed by atoms with Gasteiger partial charge in [-0.1, -0.05) is 42.0 Å². The number of para-hydroxylation sites is 1. The maximum atomic E-state index is 12.7. The van der Waals surface area contributed by atoms with Gasteiger partial charge < -0.3 is 10.1 Å². The highest BCUT2D eigenvalue weighted by molar-refractivity contribution is 6.01. The van der Waals surface area contributed by atoms with Crippen LogP contribution in [-0.2, 0) is 16.1 Å². The summed E-state index contributed by atoms with van der Waals surface area (Å²) in [5, 5.41) is 2.93. The van der Waals surface area contributed by atoms with Crippen molar-refractivity contribution < 1.29 is 14.3 Å². The summed E-state index contributed by atoms with van der Waals surface area (Å²) in [7, 11) is 0. The van der Waals surface area contributed by atoms with Crippen molar-refractivity contribution in [2.45, 2.75) is 33.2 Å².